The van der Waals surface area contributed by atoms with Crippen LogP contribution in [0.1, 0.15) is 49.6 Å². The van der Waals surface area contributed by atoms with Crippen LogP contribution in [-0.4, -0.2) is 26.9 Å². The number of hydrogen-bond acceptors (Lipinski definition) is 4. The third kappa shape index (κ3) is 4.12. The summed E-state index contributed by atoms with van der Waals surface area (Å²) in [5, 5.41) is 10.0. The van der Waals surface area contributed by atoms with Crippen molar-refractivity contribution >= 4 is 6.03 Å². The van der Waals surface area contributed by atoms with Crippen molar-refractivity contribution < 1.29 is 9.21 Å². The first-order valence-corrected chi connectivity index (χ1v) is 8.82. The number of carbonyl (C=O) groups is 1. The Morgan fingerprint density at radius 2 is 2.24 bits per heavy atom. The largest absolute Gasteiger partial charge is 0.464 e. The maximum Gasteiger partial charge on any atom is 0.345 e. The van der Waals surface area contributed by atoms with Gasteiger partial charge in [0.15, 0.2) is 0 Å². The SMILES string of the molecule is Cc1ccc(C(C)NC(=O)NCCCn2nc3n(c2=O)CCCC3)o1. The number of nitrogens with zero attached hydrogens (tertiary/aromatic N) is 3. The third-order valence-electron chi connectivity index (χ3n) is 4.40. The van der Waals surface area contributed by atoms with Crippen LogP contribution in [0.5, 0.6) is 0 Å². The first kappa shape index (κ1) is 17.3. The fourth-order valence-corrected chi connectivity index (χ4v) is 3.03. The summed E-state index contributed by atoms with van der Waals surface area (Å²) in [6.45, 7) is 5.48. The van der Waals surface area contributed by atoms with Gasteiger partial charge in [-0.15, -0.1) is 0 Å². The van der Waals surface area contributed by atoms with Gasteiger partial charge in [0.2, 0.25) is 0 Å². The summed E-state index contributed by atoms with van der Waals surface area (Å²) < 4.78 is 8.76. The highest BCUT2D eigenvalue weighted by molar-refractivity contribution is 5.74. The number of rotatable bonds is 6. The normalized spacial score (nSPS) is 14.8. The lowest BCUT2D eigenvalue weighted by Gasteiger charge is -2.12. The van der Waals surface area contributed by atoms with E-state index in [-0.39, 0.29) is 17.8 Å². The molecule has 8 nitrogen and oxygen atoms in total. The van der Waals surface area contributed by atoms with Crippen molar-refractivity contribution in [3.8, 4) is 0 Å². The van der Waals surface area contributed by atoms with E-state index in [0.29, 0.717) is 19.5 Å². The molecule has 136 valence electrons. The molecule has 2 aromatic heterocycles. The molecule has 0 bridgehead atoms. The van der Waals surface area contributed by atoms with Gasteiger partial charge in [0.05, 0.1) is 6.04 Å². The second-order valence-electron chi connectivity index (χ2n) is 6.45. The Bertz CT molecular complexity index is 789. The van der Waals surface area contributed by atoms with Crippen LogP contribution in [0.3, 0.4) is 0 Å². The third-order valence-corrected chi connectivity index (χ3v) is 4.40. The zero-order valence-electron chi connectivity index (χ0n) is 14.7. The van der Waals surface area contributed by atoms with Gasteiger partial charge in [-0.1, -0.05) is 0 Å². The monoisotopic (exact) mass is 347 g/mol. The molecule has 0 saturated carbocycles. The van der Waals surface area contributed by atoms with E-state index in [2.05, 4.69) is 15.7 Å². The van der Waals surface area contributed by atoms with Crippen LogP contribution in [0.25, 0.3) is 0 Å². The van der Waals surface area contributed by atoms with Crippen molar-refractivity contribution in [3.63, 3.8) is 0 Å². The Balaban J connectivity index is 1.42. The molecule has 25 heavy (non-hydrogen) atoms. The minimum atomic E-state index is -0.252. The predicted molar refractivity (Wildman–Crippen MR) is 92.4 cm³/mol. The molecule has 0 aliphatic carbocycles. The average molecular weight is 347 g/mol. The van der Waals surface area contributed by atoms with E-state index in [1.807, 2.05) is 26.0 Å². The van der Waals surface area contributed by atoms with Crippen LogP contribution in [0, 0.1) is 6.92 Å². The smallest absolute Gasteiger partial charge is 0.345 e. The van der Waals surface area contributed by atoms with Crippen molar-refractivity contribution in [2.24, 2.45) is 0 Å². The molecule has 1 atom stereocenters. The fourth-order valence-electron chi connectivity index (χ4n) is 3.03. The molecule has 0 saturated heterocycles. The van der Waals surface area contributed by atoms with Crippen molar-refractivity contribution in [3.05, 3.63) is 40.0 Å². The highest BCUT2D eigenvalue weighted by atomic mass is 16.3. The topological polar surface area (TPSA) is 94.1 Å². The molecule has 3 heterocycles. The summed E-state index contributed by atoms with van der Waals surface area (Å²) in [7, 11) is 0. The highest BCUT2D eigenvalue weighted by Gasteiger charge is 2.16. The summed E-state index contributed by atoms with van der Waals surface area (Å²) in [6.07, 6.45) is 3.64. The molecule has 1 unspecified atom stereocenters. The van der Waals surface area contributed by atoms with Crippen molar-refractivity contribution in [2.75, 3.05) is 6.54 Å². The molecule has 0 radical (unpaired) electrons. The minimum absolute atomic E-state index is 0.0408. The Hall–Kier alpha value is -2.51. The summed E-state index contributed by atoms with van der Waals surface area (Å²) in [6, 6.07) is 3.27. The summed E-state index contributed by atoms with van der Waals surface area (Å²) >= 11 is 0. The van der Waals surface area contributed by atoms with Gasteiger partial charge in [0.1, 0.15) is 17.3 Å². The van der Waals surface area contributed by atoms with Gasteiger partial charge in [0, 0.05) is 26.1 Å². The van der Waals surface area contributed by atoms with Gasteiger partial charge >= 0.3 is 11.7 Å². The summed E-state index contributed by atoms with van der Waals surface area (Å²) in [5.74, 6) is 2.42. The van der Waals surface area contributed by atoms with Gasteiger partial charge in [-0.05, 0) is 45.2 Å². The number of nitrogens with one attached hydrogen (secondary N) is 2. The van der Waals surface area contributed by atoms with Gasteiger partial charge in [-0.25, -0.2) is 14.3 Å². The van der Waals surface area contributed by atoms with Gasteiger partial charge in [-0.3, -0.25) is 4.57 Å². The van der Waals surface area contributed by atoms with E-state index in [9.17, 15) is 9.59 Å². The Morgan fingerprint density at radius 3 is 2.96 bits per heavy atom. The predicted octanol–water partition coefficient (Wildman–Crippen LogP) is 1.73. The molecular weight excluding hydrogens is 322 g/mol. The number of fused-ring (bicyclic) bond motifs is 1. The summed E-state index contributed by atoms with van der Waals surface area (Å²) in [4.78, 5) is 24.1. The van der Waals surface area contributed by atoms with Gasteiger partial charge in [-0.2, -0.15) is 5.10 Å². The lowest BCUT2D eigenvalue weighted by atomic mass is 10.2. The van der Waals surface area contributed by atoms with Crippen LogP contribution >= 0.6 is 0 Å². The average Bonchev–Trinajstić information content (AvgIpc) is 3.16. The lowest BCUT2D eigenvalue weighted by Crippen LogP contribution is -2.38. The highest BCUT2D eigenvalue weighted by Crippen LogP contribution is 2.15. The first-order valence-electron chi connectivity index (χ1n) is 8.82. The maximum absolute atomic E-state index is 12.2. The van der Waals surface area contributed by atoms with Gasteiger partial charge < -0.3 is 15.1 Å². The quantitative estimate of drug-likeness (QED) is 0.778. The number of aryl methyl sites for hydroxylation is 3. The van der Waals surface area contributed by atoms with E-state index < -0.39 is 0 Å². The molecule has 2 amide bonds. The molecule has 0 aromatic carbocycles. The number of furan rings is 1. The number of aromatic nitrogens is 3. The Kier molecular flexibility index (Phi) is 5.25. The van der Waals surface area contributed by atoms with E-state index >= 15 is 0 Å². The molecule has 1 aliphatic rings. The molecular formula is C17H25N5O3. The zero-order chi connectivity index (χ0) is 17.8. The second kappa shape index (κ2) is 7.58. The van der Waals surface area contributed by atoms with Crippen molar-refractivity contribution in [1.29, 1.82) is 0 Å². The molecule has 3 rings (SSSR count). The standard InChI is InChI=1S/C17H25N5O3/c1-12-7-8-14(25-12)13(2)19-16(23)18-9-5-11-22-17(24)21-10-4-3-6-15(21)20-22/h7-8,13H,3-6,9-11H2,1-2H3,(H2,18,19,23). The first-order chi connectivity index (χ1) is 12.0. The van der Waals surface area contributed by atoms with Crippen LogP contribution in [0.2, 0.25) is 0 Å². The minimum Gasteiger partial charge on any atom is -0.464 e. The van der Waals surface area contributed by atoms with Crippen LogP contribution in [0.4, 0.5) is 4.79 Å². The second-order valence-corrected chi connectivity index (χ2v) is 6.45. The molecule has 8 heteroatoms. The van der Waals surface area contributed by atoms with E-state index in [0.717, 1.165) is 43.2 Å². The van der Waals surface area contributed by atoms with Crippen LogP contribution in [0.15, 0.2) is 21.3 Å². The van der Waals surface area contributed by atoms with Crippen molar-refractivity contribution in [1.82, 2.24) is 25.0 Å². The van der Waals surface area contributed by atoms with Crippen LogP contribution in [-0.2, 0) is 19.5 Å². The number of urea groups is 1. The number of amides is 2. The van der Waals surface area contributed by atoms with E-state index in [1.165, 1.54) is 4.68 Å². The molecule has 2 N–H and O–H groups in total. The lowest BCUT2D eigenvalue weighted by molar-refractivity contribution is 0.235. The maximum atomic E-state index is 12.2. The van der Waals surface area contributed by atoms with E-state index in [1.54, 1.807) is 4.57 Å². The molecule has 2 aromatic rings. The van der Waals surface area contributed by atoms with Crippen molar-refractivity contribution in [2.45, 2.75) is 58.7 Å². The Morgan fingerprint density at radius 1 is 1.40 bits per heavy atom. The van der Waals surface area contributed by atoms with Crippen LogP contribution < -0.4 is 16.3 Å². The molecule has 0 spiro atoms. The summed E-state index contributed by atoms with van der Waals surface area (Å²) in [5.41, 5.74) is -0.0408. The fraction of sp³-hybridized carbons (Fsp3) is 0.588. The molecule has 0 fully saturated rings. The number of hydrogen-bond donors (Lipinski definition) is 2. The van der Waals surface area contributed by atoms with Gasteiger partial charge in [0.25, 0.3) is 0 Å². The Labute approximate surface area is 146 Å². The zero-order valence-corrected chi connectivity index (χ0v) is 14.7. The van der Waals surface area contributed by atoms with E-state index in [4.69, 9.17) is 4.42 Å². The molecule has 1 aliphatic heterocycles. The number of carbonyl (C=O) groups excluding carboxylic acids is 1.